The number of carbonyl (C=O) groups excluding carboxylic acids is 2. The molecule has 5 nitrogen and oxygen atoms in total. The van der Waals surface area contributed by atoms with Crippen LogP contribution in [0.3, 0.4) is 0 Å². The van der Waals surface area contributed by atoms with Crippen molar-refractivity contribution >= 4 is 11.8 Å². The van der Waals surface area contributed by atoms with Crippen LogP contribution in [0.15, 0.2) is 18.2 Å². The maximum absolute atomic E-state index is 12.9. The molecular formula is C22H34N2O3. The number of hydrogen-bond donors (Lipinski definition) is 1. The van der Waals surface area contributed by atoms with Crippen molar-refractivity contribution in [3.05, 3.63) is 34.9 Å². The highest BCUT2D eigenvalue weighted by atomic mass is 16.5. The molecule has 1 N–H and O–H groups in total. The molecule has 27 heavy (non-hydrogen) atoms. The van der Waals surface area contributed by atoms with E-state index in [4.69, 9.17) is 4.74 Å². The molecule has 1 saturated heterocycles. The van der Waals surface area contributed by atoms with Gasteiger partial charge in [0.05, 0.1) is 12.5 Å². The second-order valence-corrected chi connectivity index (χ2v) is 8.49. The molecule has 1 heterocycles. The molecule has 1 fully saturated rings. The summed E-state index contributed by atoms with van der Waals surface area (Å²) in [7, 11) is 0. The highest BCUT2D eigenvalue weighted by Gasteiger charge is 2.30. The van der Waals surface area contributed by atoms with E-state index in [0.29, 0.717) is 38.4 Å². The van der Waals surface area contributed by atoms with E-state index in [1.807, 2.05) is 37.8 Å². The Bertz CT molecular complexity index is 649. The van der Waals surface area contributed by atoms with Gasteiger partial charge in [-0.3, -0.25) is 9.59 Å². The van der Waals surface area contributed by atoms with E-state index in [0.717, 1.165) is 24.0 Å². The van der Waals surface area contributed by atoms with Crippen LogP contribution in [-0.4, -0.2) is 49.6 Å². The van der Waals surface area contributed by atoms with E-state index in [1.165, 1.54) is 0 Å². The lowest BCUT2D eigenvalue weighted by atomic mass is 9.93. The van der Waals surface area contributed by atoms with Gasteiger partial charge in [-0.15, -0.1) is 0 Å². The number of rotatable bonds is 7. The maximum atomic E-state index is 12.9. The van der Waals surface area contributed by atoms with Gasteiger partial charge in [-0.05, 0) is 45.7 Å². The number of benzene rings is 1. The molecule has 1 aromatic rings. The minimum Gasteiger partial charge on any atom is -0.381 e. The van der Waals surface area contributed by atoms with E-state index in [-0.39, 0.29) is 23.1 Å². The molecule has 0 aromatic heterocycles. The molecular weight excluding hydrogens is 340 g/mol. The van der Waals surface area contributed by atoms with Crippen LogP contribution in [0.25, 0.3) is 0 Å². The Balaban J connectivity index is 1.94. The molecule has 0 bridgehead atoms. The molecule has 1 aliphatic heterocycles. The summed E-state index contributed by atoms with van der Waals surface area (Å²) in [5, 5.41) is 3.06. The smallest absolute Gasteiger partial charge is 0.253 e. The lowest BCUT2D eigenvalue weighted by Gasteiger charge is -2.33. The van der Waals surface area contributed by atoms with Gasteiger partial charge in [0, 0.05) is 37.2 Å². The quantitative estimate of drug-likeness (QED) is 0.796. The van der Waals surface area contributed by atoms with E-state index in [9.17, 15) is 9.59 Å². The van der Waals surface area contributed by atoms with Crippen LogP contribution >= 0.6 is 0 Å². The van der Waals surface area contributed by atoms with Gasteiger partial charge in [-0.25, -0.2) is 0 Å². The molecule has 0 saturated carbocycles. The molecule has 1 unspecified atom stereocenters. The zero-order valence-corrected chi connectivity index (χ0v) is 17.4. The maximum Gasteiger partial charge on any atom is 0.253 e. The van der Waals surface area contributed by atoms with E-state index >= 15 is 0 Å². The van der Waals surface area contributed by atoms with Crippen LogP contribution in [0.5, 0.6) is 0 Å². The SMILES string of the molecule is CCOCC(C)(C)CNC(=O)C1CCCN(C(=O)c2cc(C)cc(C)c2)C1. The number of aryl methyl sites for hydroxylation is 2. The number of hydrogen-bond acceptors (Lipinski definition) is 3. The molecule has 1 aromatic carbocycles. The Morgan fingerprint density at radius 1 is 1.22 bits per heavy atom. The minimum atomic E-state index is -0.142. The predicted molar refractivity (Wildman–Crippen MR) is 108 cm³/mol. The average molecular weight is 375 g/mol. The van der Waals surface area contributed by atoms with Crippen molar-refractivity contribution < 1.29 is 14.3 Å². The molecule has 2 amide bonds. The second kappa shape index (κ2) is 9.36. The van der Waals surface area contributed by atoms with Crippen molar-refractivity contribution in [2.75, 3.05) is 32.8 Å². The van der Waals surface area contributed by atoms with Gasteiger partial charge in [0.2, 0.25) is 5.91 Å². The fourth-order valence-electron chi connectivity index (χ4n) is 3.56. The molecule has 0 radical (unpaired) electrons. The van der Waals surface area contributed by atoms with Gasteiger partial charge in [-0.2, -0.15) is 0 Å². The summed E-state index contributed by atoms with van der Waals surface area (Å²) < 4.78 is 5.49. The normalized spacial score (nSPS) is 17.7. The molecule has 1 atom stereocenters. The molecule has 0 aliphatic carbocycles. The minimum absolute atomic E-state index is 0.0241. The number of likely N-dealkylation sites (tertiary alicyclic amines) is 1. The summed E-state index contributed by atoms with van der Waals surface area (Å²) in [5.41, 5.74) is 2.78. The molecule has 2 rings (SSSR count). The van der Waals surface area contributed by atoms with Crippen molar-refractivity contribution in [2.24, 2.45) is 11.3 Å². The number of piperidine rings is 1. The Kier molecular flexibility index (Phi) is 7.42. The first-order valence-electron chi connectivity index (χ1n) is 9.95. The van der Waals surface area contributed by atoms with Crippen LogP contribution in [0, 0.1) is 25.2 Å². The van der Waals surface area contributed by atoms with Crippen LogP contribution < -0.4 is 5.32 Å². The fraction of sp³-hybridized carbons (Fsp3) is 0.636. The molecule has 150 valence electrons. The topological polar surface area (TPSA) is 58.6 Å². The van der Waals surface area contributed by atoms with E-state index < -0.39 is 0 Å². The summed E-state index contributed by atoms with van der Waals surface area (Å²) in [6.07, 6.45) is 1.69. The van der Waals surface area contributed by atoms with Gasteiger partial charge >= 0.3 is 0 Å². The third kappa shape index (κ3) is 6.35. The van der Waals surface area contributed by atoms with Crippen LogP contribution in [-0.2, 0) is 9.53 Å². The largest absolute Gasteiger partial charge is 0.381 e. The van der Waals surface area contributed by atoms with Gasteiger partial charge in [0.15, 0.2) is 0 Å². The highest BCUT2D eigenvalue weighted by molar-refractivity contribution is 5.95. The van der Waals surface area contributed by atoms with Crippen LogP contribution in [0.1, 0.15) is 55.1 Å². The third-order valence-corrected chi connectivity index (χ3v) is 4.99. The second-order valence-electron chi connectivity index (χ2n) is 8.49. The fourth-order valence-corrected chi connectivity index (χ4v) is 3.56. The lowest BCUT2D eigenvalue weighted by Crippen LogP contribution is -2.47. The first-order chi connectivity index (χ1) is 12.7. The van der Waals surface area contributed by atoms with E-state index in [1.54, 1.807) is 0 Å². The molecule has 0 spiro atoms. The van der Waals surface area contributed by atoms with Crippen molar-refractivity contribution in [2.45, 2.75) is 47.5 Å². The standard InChI is InChI=1S/C22H34N2O3/c1-6-27-15-22(4,5)14-23-20(25)18-8-7-9-24(13-18)21(26)19-11-16(2)10-17(3)12-19/h10-12,18H,6-9,13-15H2,1-5H3,(H,23,25). The Labute approximate surface area is 163 Å². The summed E-state index contributed by atoms with van der Waals surface area (Å²) in [4.78, 5) is 27.4. The van der Waals surface area contributed by atoms with Crippen LogP contribution in [0.2, 0.25) is 0 Å². The number of nitrogens with zero attached hydrogens (tertiary/aromatic N) is 1. The zero-order chi connectivity index (χ0) is 20.0. The Morgan fingerprint density at radius 3 is 2.52 bits per heavy atom. The number of ether oxygens (including phenoxy) is 1. The number of carbonyl (C=O) groups is 2. The van der Waals surface area contributed by atoms with Gasteiger partial charge in [0.25, 0.3) is 5.91 Å². The lowest BCUT2D eigenvalue weighted by molar-refractivity contribution is -0.127. The summed E-state index contributed by atoms with van der Waals surface area (Å²) in [6, 6.07) is 5.91. The van der Waals surface area contributed by atoms with Gasteiger partial charge in [-0.1, -0.05) is 31.0 Å². The first kappa shape index (κ1) is 21.4. The summed E-state index contributed by atoms with van der Waals surface area (Å²) in [5.74, 6) is -0.0787. The van der Waals surface area contributed by atoms with Gasteiger partial charge < -0.3 is 15.0 Å². The predicted octanol–water partition coefficient (Wildman–Crippen LogP) is 3.33. The highest BCUT2D eigenvalue weighted by Crippen LogP contribution is 2.21. The van der Waals surface area contributed by atoms with Crippen molar-refractivity contribution in [1.29, 1.82) is 0 Å². The van der Waals surface area contributed by atoms with Crippen LogP contribution in [0.4, 0.5) is 0 Å². The monoisotopic (exact) mass is 374 g/mol. The third-order valence-electron chi connectivity index (χ3n) is 4.99. The van der Waals surface area contributed by atoms with Crippen molar-refractivity contribution in [3.63, 3.8) is 0 Å². The number of amides is 2. The Morgan fingerprint density at radius 2 is 1.89 bits per heavy atom. The first-order valence-corrected chi connectivity index (χ1v) is 9.95. The molecule has 1 aliphatic rings. The average Bonchev–Trinajstić information content (AvgIpc) is 2.63. The summed E-state index contributed by atoms with van der Waals surface area (Å²) in [6.45, 7) is 13.2. The number of nitrogens with one attached hydrogen (secondary N) is 1. The molecule has 5 heteroatoms. The summed E-state index contributed by atoms with van der Waals surface area (Å²) >= 11 is 0. The van der Waals surface area contributed by atoms with Gasteiger partial charge in [0.1, 0.15) is 0 Å². The van der Waals surface area contributed by atoms with E-state index in [2.05, 4.69) is 25.2 Å². The van der Waals surface area contributed by atoms with Crippen molar-refractivity contribution in [3.8, 4) is 0 Å². The zero-order valence-electron chi connectivity index (χ0n) is 17.4. The Hall–Kier alpha value is -1.88. The van der Waals surface area contributed by atoms with Crippen molar-refractivity contribution in [1.82, 2.24) is 10.2 Å².